The van der Waals surface area contributed by atoms with Crippen LogP contribution in [0.15, 0.2) is 231 Å². The van der Waals surface area contributed by atoms with E-state index in [0.29, 0.717) is 0 Å². The monoisotopic (exact) mass is 810 g/mol. The van der Waals surface area contributed by atoms with Gasteiger partial charge in [0.1, 0.15) is 0 Å². The number of nitrogens with zero attached hydrogens (tertiary/aromatic N) is 2. The minimum absolute atomic E-state index is 1.15. The van der Waals surface area contributed by atoms with Gasteiger partial charge in [-0.15, -0.1) is 0 Å². The molecule has 0 aliphatic rings. The first kappa shape index (κ1) is 35.2. The summed E-state index contributed by atoms with van der Waals surface area (Å²) in [4.78, 5) is 0. The minimum Gasteiger partial charge on any atom is -0.309 e. The predicted molar refractivity (Wildman–Crippen MR) is 274 cm³/mol. The van der Waals surface area contributed by atoms with Gasteiger partial charge in [0.25, 0.3) is 0 Å². The molecule has 14 rings (SSSR count). The first-order valence-electron chi connectivity index (χ1n) is 22.2. The van der Waals surface area contributed by atoms with Crippen LogP contribution in [0.2, 0.25) is 0 Å². The Labute approximate surface area is 369 Å². The lowest BCUT2D eigenvalue weighted by atomic mass is 9.87. The summed E-state index contributed by atoms with van der Waals surface area (Å²) < 4.78 is 4.86. The van der Waals surface area contributed by atoms with Crippen LogP contribution in [0.4, 0.5) is 0 Å². The van der Waals surface area contributed by atoms with Crippen LogP contribution in [0.3, 0.4) is 0 Å². The Hall–Kier alpha value is -8.46. The molecule has 0 bridgehead atoms. The van der Waals surface area contributed by atoms with Crippen LogP contribution in [-0.4, -0.2) is 9.13 Å². The Kier molecular flexibility index (Phi) is 7.43. The lowest BCUT2D eigenvalue weighted by Gasteiger charge is -2.17. The molecule has 0 unspecified atom stereocenters. The molecule has 0 fully saturated rings. The molecule has 14 aromatic rings. The third-order valence-corrected chi connectivity index (χ3v) is 13.8. The van der Waals surface area contributed by atoms with Crippen molar-refractivity contribution in [3.05, 3.63) is 231 Å². The van der Waals surface area contributed by atoms with Crippen molar-refractivity contribution in [3.63, 3.8) is 0 Å². The molecular weight excluding hydrogens is 773 g/mol. The van der Waals surface area contributed by atoms with Crippen LogP contribution in [0.25, 0.3) is 131 Å². The Morgan fingerprint density at radius 1 is 0.219 bits per heavy atom. The fourth-order valence-corrected chi connectivity index (χ4v) is 11.0. The Balaban J connectivity index is 0.931. The molecular formula is C62H38N2. The van der Waals surface area contributed by atoms with Crippen molar-refractivity contribution in [3.8, 4) is 33.6 Å². The maximum absolute atomic E-state index is 2.45. The van der Waals surface area contributed by atoms with Crippen LogP contribution in [0.1, 0.15) is 0 Å². The molecule has 2 heteroatoms. The summed E-state index contributed by atoms with van der Waals surface area (Å²) in [5, 5.41) is 17.8. The van der Waals surface area contributed by atoms with Gasteiger partial charge in [-0.3, -0.25) is 0 Å². The van der Waals surface area contributed by atoms with Gasteiger partial charge in [-0.25, -0.2) is 0 Å². The molecule has 2 aromatic heterocycles. The van der Waals surface area contributed by atoms with E-state index >= 15 is 0 Å². The Morgan fingerprint density at radius 2 is 0.688 bits per heavy atom. The summed E-state index contributed by atoms with van der Waals surface area (Å²) in [5.41, 5.74) is 12.0. The molecule has 0 radical (unpaired) electrons. The molecule has 0 aliphatic heterocycles. The van der Waals surface area contributed by atoms with Crippen LogP contribution < -0.4 is 0 Å². The molecule has 0 spiro atoms. The minimum atomic E-state index is 1.15. The van der Waals surface area contributed by atoms with Crippen molar-refractivity contribution in [1.29, 1.82) is 0 Å². The first-order chi connectivity index (χ1) is 31.7. The number of benzene rings is 12. The van der Waals surface area contributed by atoms with Gasteiger partial charge in [0.15, 0.2) is 0 Å². The maximum Gasteiger partial charge on any atom is 0.0541 e. The van der Waals surface area contributed by atoms with Crippen LogP contribution in [-0.2, 0) is 0 Å². The zero-order valence-corrected chi connectivity index (χ0v) is 34.8. The van der Waals surface area contributed by atoms with Gasteiger partial charge < -0.3 is 9.13 Å². The van der Waals surface area contributed by atoms with E-state index in [2.05, 4.69) is 240 Å². The van der Waals surface area contributed by atoms with Crippen molar-refractivity contribution in [2.75, 3.05) is 0 Å². The van der Waals surface area contributed by atoms with Crippen LogP contribution in [0.5, 0.6) is 0 Å². The van der Waals surface area contributed by atoms with Gasteiger partial charge in [0.2, 0.25) is 0 Å². The van der Waals surface area contributed by atoms with E-state index < -0.39 is 0 Å². The topological polar surface area (TPSA) is 9.86 Å². The lowest BCUT2D eigenvalue weighted by molar-refractivity contribution is 1.18. The van der Waals surface area contributed by atoms with Crippen LogP contribution >= 0.6 is 0 Å². The van der Waals surface area contributed by atoms with E-state index in [0.717, 1.165) is 5.69 Å². The number of hydrogen-bond donors (Lipinski definition) is 0. The highest BCUT2D eigenvalue weighted by Crippen LogP contribution is 2.44. The maximum atomic E-state index is 2.45. The van der Waals surface area contributed by atoms with E-state index in [1.165, 1.54) is 125 Å². The zero-order valence-electron chi connectivity index (χ0n) is 34.8. The highest BCUT2D eigenvalue weighted by molar-refractivity contribution is 6.33. The van der Waals surface area contributed by atoms with Crippen molar-refractivity contribution in [2.24, 2.45) is 0 Å². The molecule has 0 aliphatic carbocycles. The molecule has 12 aromatic carbocycles. The number of hydrogen-bond acceptors (Lipinski definition) is 0. The third kappa shape index (κ3) is 5.08. The van der Waals surface area contributed by atoms with Crippen molar-refractivity contribution in [1.82, 2.24) is 9.13 Å². The molecule has 0 N–H and O–H groups in total. The Bertz CT molecular complexity index is 4260. The average molecular weight is 811 g/mol. The fourth-order valence-electron chi connectivity index (χ4n) is 11.0. The van der Waals surface area contributed by atoms with Crippen LogP contribution in [0, 0.1) is 0 Å². The van der Waals surface area contributed by atoms with Gasteiger partial charge in [-0.1, -0.05) is 164 Å². The van der Waals surface area contributed by atoms with Crippen molar-refractivity contribution < 1.29 is 0 Å². The summed E-state index contributed by atoms with van der Waals surface area (Å²) in [5.74, 6) is 0. The second-order valence-corrected chi connectivity index (χ2v) is 17.2. The lowest BCUT2D eigenvalue weighted by Crippen LogP contribution is -1.95. The molecule has 296 valence electrons. The standard InChI is InChI=1S/C62H38N2/c1-2-15-40-34-45(31-28-39(40)14-1)64-59-27-12-10-23-51(59)56-37-42(30-33-61(56)64)41-29-32-60-55(36-41)50-22-9-11-26-58(50)63(60)44-17-13-16-43(35-44)54-38-57-48-20-4-3-18-46(48)47-19-5-7-24-52(47)62(57)53-25-8-6-21-49(53)54/h1-38H. The smallest absolute Gasteiger partial charge is 0.0541 e. The van der Waals surface area contributed by atoms with Gasteiger partial charge in [0.05, 0.1) is 22.1 Å². The summed E-state index contributed by atoms with van der Waals surface area (Å²) in [6, 6.07) is 85.4. The van der Waals surface area contributed by atoms with E-state index in [-0.39, 0.29) is 0 Å². The highest BCUT2D eigenvalue weighted by Gasteiger charge is 2.19. The van der Waals surface area contributed by atoms with Gasteiger partial charge in [0, 0.05) is 32.9 Å². The fraction of sp³-hybridized carbons (Fsp3) is 0. The molecule has 0 atom stereocenters. The molecule has 0 saturated carbocycles. The second kappa shape index (κ2) is 13.5. The van der Waals surface area contributed by atoms with E-state index in [1.807, 2.05) is 0 Å². The quantitative estimate of drug-likeness (QED) is 0.157. The molecule has 64 heavy (non-hydrogen) atoms. The predicted octanol–water partition coefficient (Wildman–Crippen LogP) is 17.0. The van der Waals surface area contributed by atoms with Gasteiger partial charge in [-0.2, -0.15) is 0 Å². The highest BCUT2D eigenvalue weighted by atomic mass is 15.0. The summed E-state index contributed by atoms with van der Waals surface area (Å²) >= 11 is 0. The third-order valence-electron chi connectivity index (χ3n) is 13.8. The normalized spacial score (nSPS) is 12.1. The van der Waals surface area contributed by atoms with Gasteiger partial charge in [-0.05, 0) is 143 Å². The summed E-state index contributed by atoms with van der Waals surface area (Å²) in [7, 11) is 0. The number of para-hydroxylation sites is 2. The van der Waals surface area contributed by atoms with E-state index in [4.69, 9.17) is 0 Å². The number of fused-ring (bicyclic) bond motifs is 15. The molecule has 0 saturated heterocycles. The number of aromatic nitrogens is 2. The van der Waals surface area contributed by atoms with E-state index in [1.54, 1.807) is 0 Å². The first-order valence-corrected chi connectivity index (χ1v) is 22.2. The average Bonchev–Trinajstić information content (AvgIpc) is 3.88. The van der Waals surface area contributed by atoms with E-state index in [9.17, 15) is 0 Å². The van der Waals surface area contributed by atoms with Crippen molar-refractivity contribution in [2.45, 2.75) is 0 Å². The molecule has 0 amide bonds. The summed E-state index contributed by atoms with van der Waals surface area (Å²) in [6.07, 6.45) is 0. The molecule has 2 heterocycles. The second-order valence-electron chi connectivity index (χ2n) is 17.2. The number of rotatable bonds is 4. The van der Waals surface area contributed by atoms with Crippen molar-refractivity contribution >= 4 is 97.5 Å². The summed E-state index contributed by atoms with van der Waals surface area (Å²) in [6.45, 7) is 0. The SMILES string of the molecule is c1cc(-c2cc3c4ccccc4c4ccccc4c3c3ccccc23)cc(-n2c3ccccc3c3cc(-c4ccc5c(c4)c4ccccc4n5-c4ccc5ccccc5c4)ccc32)c1. The largest absolute Gasteiger partial charge is 0.309 e. The van der Waals surface area contributed by atoms with Gasteiger partial charge >= 0.3 is 0 Å². The Morgan fingerprint density at radius 3 is 1.33 bits per heavy atom. The zero-order chi connectivity index (χ0) is 41.9. The molecule has 2 nitrogen and oxygen atoms in total.